The lowest BCUT2D eigenvalue weighted by atomic mass is 10.2. The van der Waals surface area contributed by atoms with Gasteiger partial charge >= 0.3 is 5.97 Å². The maximum Gasteiger partial charge on any atom is 0.340 e. The fourth-order valence-electron chi connectivity index (χ4n) is 2.08. The Hall–Kier alpha value is -2.34. The highest BCUT2D eigenvalue weighted by molar-refractivity contribution is 6.32. The van der Waals surface area contributed by atoms with Crippen molar-refractivity contribution in [1.29, 1.82) is 0 Å². The summed E-state index contributed by atoms with van der Waals surface area (Å²) in [6.45, 7) is 1.83. The van der Waals surface area contributed by atoms with Crippen LogP contribution >= 0.6 is 11.6 Å². The highest BCUT2D eigenvalue weighted by Gasteiger charge is 2.23. The van der Waals surface area contributed by atoms with Gasteiger partial charge in [0.15, 0.2) is 5.15 Å². The monoisotopic (exact) mass is 290 g/mol. The molecule has 2 N–H and O–H groups in total. The number of para-hydroxylation sites is 2. The van der Waals surface area contributed by atoms with Gasteiger partial charge in [-0.05, 0) is 18.6 Å². The normalized spacial score (nSPS) is 11.1. The van der Waals surface area contributed by atoms with Crippen LogP contribution in [0.3, 0.4) is 0 Å². The largest absolute Gasteiger partial charge is 0.478 e. The first-order chi connectivity index (χ1) is 9.61. The average Bonchev–Trinajstić information content (AvgIpc) is 2.98. The van der Waals surface area contributed by atoms with Crippen LogP contribution in [0.1, 0.15) is 23.0 Å². The SMILES string of the molecule is CCc1nn(-c2nc3ccccc3[nH]2)c(Cl)c1C(=O)O. The number of carbonyl (C=O) groups is 1. The maximum absolute atomic E-state index is 11.2. The maximum atomic E-state index is 11.2. The van der Waals surface area contributed by atoms with Crippen molar-refractivity contribution < 1.29 is 9.90 Å². The summed E-state index contributed by atoms with van der Waals surface area (Å²) in [6, 6.07) is 7.49. The number of hydrogen-bond acceptors (Lipinski definition) is 3. The van der Waals surface area contributed by atoms with Crippen LogP contribution in [0.2, 0.25) is 5.15 Å². The van der Waals surface area contributed by atoms with Crippen molar-refractivity contribution in [2.75, 3.05) is 0 Å². The molecule has 6 nitrogen and oxygen atoms in total. The molecule has 0 saturated carbocycles. The van der Waals surface area contributed by atoms with E-state index in [9.17, 15) is 9.90 Å². The van der Waals surface area contributed by atoms with Crippen LogP contribution in [0, 0.1) is 0 Å². The molecule has 0 fully saturated rings. The van der Waals surface area contributed by atoms with Crippen LogP contribution in [-0.4, -0.2) is 30.8 Å². The number of aromatic carboxylic acids is 1. The van der Waals surface area contributed by atoms with E-state index in [1.54, 1.807) is 0 Å². The summed E-state index contributed by atoms with van der Waals surface area (Å²) in [5, 5.41) is 13.5. The van der Waals surface area contributed by atoms with Gasteiger partial charge in [-0.15, -0.1) is 0 Å². The van der Waals surface area contributed by atoms with Gasteiger partial charge in [0.25, 0.3) is 0 Å². The lowest BCUT2D eigenvalue weighted by Crippen LogP contribution is -2.00. The zero-order valence-corrected chi connectivity index (χ0v) is 11.3. The van der Waals surface area contributed by atoms with E-state index in [1.807, 2.05) is 31.2 Å². The number of nitrogens with one attached hydrogen (secondary N) is 1. The van der Waals surface area contributed by atoms with Crippen molar-refractivity contribution >= 4 is 28.6 Å². The Morgan fingerprint density at radius 2 is 2.20 bits per heavy atom. The Morgan fingerprint density at radius 3 is 2.80 bits per heavy atom. The predicted octanol–water partition coefficient (Wildman–Crippen LogP) is 2.66. The quantitative estimate of drug-likeness (QED) is 0.777. The van der Waals surface area contributed by atoms with Gasteiger partial charge in [-0.2, -0.15) is 9.78 Å². The summed E-state index contributed by atoms with van der Waals surface area (Å²) >= 11 is 6.12. The zero-order chi connectivity index (χ0) is 14.3. The number of aromatic amines is 1. The predicted molar refractivity (Wildman–Crippen MR) is 74.6 cm³/mol. The van der Waals surface area contributed by atoms with Gasteiger partial charge in [0.05, 0.1) is 16.7 Å². The van der Waals surface area contributed by atoms with Crippen molar-refractivity contribution in [3.05, 3.63) is 40.7 Å². The number of carboxylic acids is 1. The molecule has 3 aromatic rings. The number of nitrogens with zero attached hydrogens (tertiary/aromatic N) is 3. The number of rotatable bonds is 3. The van der Waals surface area contributed by atoms with E-state index in [4.69, 9.17) is 11.6 Å². The van der Waals surface area contributed by atoms with Gasteiger partial charge in [-0.25, -0.2) is 9.78 Å². The Labute approximate surface area is 119 Å². The molecule has 0 aliphatic heterocycles. The van der Waals surface area contributed by atoms with Gasteiger partial charge < -0.3 is 10.1 Å². The number of H-pyrrole nitrogens is 1. The number of halogens is 1. The Bertz CT molecular complexity index is 773. The third-order valence-corrected chi connectivity index (χ3v) is 3.38. The van der Waals surface area contributed by atoms with Crippen molar-refractivity contribution in [3.8, 4) is 5.95 Å². The number of carboxylic acid groups (broad SMARTS) is 1. The molecule has 3 rings (SSSR count). The van der Waals surface area contributed by atoms with Gasteiger partial charge in [-0.3, -0.25) is 0 Å². The van der Waals surface area contributed by atoms with E-state index >= 15 is 0 Å². The molecule has 0 aliphatic rings. The molecule has 0 atom stereocenters. The highest BCUT2D eigenvalue weighted by atomic mass is 35.5. The minimum atomic E-state index is -1.09. The summed E-state index contributed by atoms with van der Waals surface area (Å²) in [6.07, 6.45) is 0.481. The van der Waals surface area contributed by atoms with Gasteiger partial charge in [0.2, 0.25) is 5.95 Å². The summed E-state index contributed by atoms with van der Waals surface area (Å²) in [7, 11) is 0. The minimum Gasteiger partial charge on any atom is -0.478 e. The Morgan fingerprint density at radius 1 is 1.45 bits per heavy atom. The first-order valence-electron chi connectivity index (χ1n) is 6.07. The fourth-order valence-corrected chi connectivity index (χ4v) is 2.39. The van der Waals surface area contributed by atoms with Crippen molar-refractivity contribution in [2.24, 2.45) is 0 Å². The standard InChI is InChI=1S/C13H11ClN4O2/c1-2-7-10(12(19)20)11(14)18(17-7)13-15-8-5-3-4-6-9(8)16-13/h3-6H,2H2,1H3,(H,15,16)(H,19,20). The summed E-state index contributed by atoms with van der Waals surface area (Å²) in [5.74, 6) is -0.687. The highest BCUT2D eigenvalue weighted by Crippen LogP contribution is 2.24. The van der Waals surface area contributed by atoms with Crippen LogP contribution < -0.4 is 0 Å². The van der Waals surface area contributed by atoms with Gasteiger partial charge in [0, 0.05) is 0 Å². The molecule has 0 aliphatic carbocycles. The van der Waals surface area contributed by atoms with E-state index < -0.39 is 5.97 Å². The van der Waals surface area contributed by atoms with Crippen LogP contribution in [-0.2, 0) is 6.42 Å². The van der Waals surface area contributed by atoms with E-state index in [0.717, 1.165) is 11.0 Å². The van der Waals surface area contributed by atoms with E-state index in [1.165, 1.54) is 4.68 Å². The van der Waals surface area contributed by atoms with E-state index in [0.29, 0.717) is 18.1 Å². The molecule has 0 saturated heterocycles. The second-order valence-corrected chi connectivity index (χ2v) is 4.62. The number of aromatic nitrogens is 4. The van der Waals surface area contributed by atoms with E-state index in [-0.39, 0.29) is 10.7 Å². The van der Waals surface area contributed by atoms with Gasteiger partial charge in [-0.1, -0.05) is 30.7 Å². The molecule has 0 amide bonds. The fraction of sp³-hybridized carbons (Fsp3) is 0.154. The molecule has 7 heteroatoms. The first-order valence-corrected chi connectivity index (χ1v) is 6.45. The summed E-state index contributed by atoms with van der Waals surface area (Å²) in [4.78, 5) is 18.7. The molecular weight excluding hydrogens is 280 g/mol. The van der Waals surface area contributed by atoms with Crippen LogP contribution in [0.25, 0.3) is 17.0 Å². The van der Waals surface area contributed by atoms with Crippen molar-refractivity contribution in [3.63, 3.8) is 0 Å². The smallest absolute Gasteiger partial charge is 0.340 e. The second-order valence-electron chi connectivity index (χ2n) is 4.26. The molecule has 2 heterocycles. The lowest BCUT2D eigenvalue weighted by Gasteiger charge is -1.96. The second kappa shape index (κ2) is 4.64. The van der Waals surface area contributed by atoms with Gasteiger partial charge in [0.1, 0.15) is 5.56 Å². The average molecular weight is 291 g/mol. The van der Waals surface area contributed by atoms with Crippen LogP contribution in [0.5, 0.6) is 0 Å². The number of aryl methyl sites for hydroxylation is 1. The molecule has 2 aromatic heterocycles. The molecule has 1 aromatic carbocycles. The Kier molecular flexibility index (Phi) is 2.94. The van der Waals surface area contributed by atoms with Crippen LogP contribution in [0.4, 0.5) is 0 Å². The zero-order valence-electron chi connectivity index (χ0n) is 10.6. The van der Waals surface area contributed by atoms with Crippen molar-refractivity contribution in [2.45, 2.75) is 13.3 Å². The third-order valence-electron chi connectivity index (χ3n) is 3.03. The molecular formula is C13H11ClN4O2. The van der Waals surface area contributed by atoms with Crippen LogP contribution in [0.15, 0.2) is 24.3 Å². The molecule has 0 spiro atoms. The molecule has 0 bridgehead atoms. The number of imidazole rings is 1. The summed E-state index contributed by atoms with van der Waals surface area (Å²) < 4.78 is 1.32. The molecule has 0 radical (unpaired) electrons. The van der Waals surface area contributed by atoms with Crippen molar-refractivity contribution in [1.82, 2.24) is 19.7 Å². The number of hydrogen-bond donors (Lipinski definition) is 2. The summed E-state index contributed by atoms with van der Waals surface area (Å²) in [5.41, 5.74) is 2.06. The topological polar surface area (TPSA) is 83.8 Å². The number of benzene rings is 1. The van der Waals surface area contributed by atoms with E-state index in [2.05, 4.69) is 15.1 Å². The minimum absolute atomic E-state index is 0.0228. The lowest BCUT2D eigenvalue weighted by molar-refractivity contribution is 0.0696. The third kappa shape index (κ3) is 1.85. The molecule has 102 valence electrons. The molecule has 20 heavy (non-hydrogen) atoms. The first kappa shape index (κ1) is 12.7. The Balaban J connectivity index is 2.21. The number of fused-ring (bicyclic) bond motifs is 1. The molecule has 0 unspecified atom stereocenters.